The van der Waals surface area contributed by atoms with E-state index in [1.165, 1.54) is 4.57 Å². The lowest BCUT2D eigenvalue weighted by atomic mass is 10.0. The third-order valence-electron chi connectivity index (χ3n) is 4.56. The standard InChI is InChI=1S/C17H21N3O4/c1-19-15-11(5-2-3-10-21)6-4-7-12(15)20(17(19)24)13-8-9-14(22)18-16(13)23/h4,6-7,13,21H,2-3,5,8-10H2,1H3,(H,18,22,23). The normalized spacial score (nSPS) is 18.2. The number of benzene rings is 1. The molecule has 0 bridgehead atoms. The number of hydrogen-bond donors (Lipinski definition) is 2. The van der Waals surface area contributed by atoms with Gasteiger partial charge in [0.2, 0.25) is 11.8 Å². The summed E-state index contributed by atoms with van der Waals surface area (Å²) in [6.45, 7) is 0.145. The average Bonchev–Trinajstić information content (AvgIpc) is 2.81. The van der Waals surface area contributed by atoms with E-state index in [1.807, 2.05) is 18.2 Å². The third-order valence-corrected chi connectivity index (χ3v) is 4.56. The van der Waals surface area contributed by atoms with Crippen molar-refractivity contribution in [3.63, 3.8) is 0 Å². The molecule has 2 aromatic rings. The van der Waals surface area contributed by atoms with Crippen molar-refractivity contribution in [1.29, 1.82) is 0 Å². The van der Waals surface area contributed by atoms with Gasteiger partial charge in [-0.15, -0.1) is 0 Å². The molecule has 1 unspecified atom stereocenters. The summed E-state index contributed by atoms with van der Waals surface area (Å²) in [4.78, 5) is 36.3. The molecule has 0 radical (unpaired) electrons. The molecule has 3 rings (SSSR count). The fraction of sp³-hybridized carbons (Fsp3) is 0.471. The Morgan fingerprint density at radius 3 is 2.75 bits per heavy atom. The number of nitrogens with zero attached hydrogens (tertiary/aromatic N) is 2. The van der Waals surface area contributed by atoms with Gasteiger partial charge in [0.05, 0.1) is 11.0 Å². The van der Waals surface area contributed by atoms with Crippen LogP contribution in [0.25, 0.3) is 11.0 Å². The summed E-state index contributed by atoms with van der Waals surface area (Å²) in [5.74, 6) is -0.722. The molecule has 1 aliphatic heterocycles. The minimum Gasteiger partial charge on any atom is -0.396 e. The number of fused-ring (bicyclic) bond motifs is 1. The zero-order valence-electron chi connectivity index (χ0n) is 13.6. The van der Waals surface area contributed by atoms with Gasteiger partial charge in [-0.05, 0) is 37.3 Å². The summed E-state index contributed by atoms with van der Waals surface area (Å²) in [5, 5.41) is 11.3. The van der Waals surface area contributed by atoms with Crippen LogP contribution in [0, 0.1) is 0 Å². The first-order valence-electron chi connectivity index (χ1n) is 8.18. The maximum atomic E-state index is 12.7. The number of imidazole rings is 1. The number of imide groups is 1. The first-order chi connectivity index (χ1) is 11.5. The van der Waals surface area contributed by atoms with Crippen molar-refractivity contribution in [3.05, 3.63) is 34.2 Å². The number of piperidine rings is 1. The third kappa shape index (κ3) is 2.75. The molecular formula is C17H21N3O4. The lowest BCUT2D eigenvalue weighted by Gasteiger charge is -2.21. The van der Waals surface area contributed by atoms with Gasteiger partial charge in [-0.2, -0.15) is 0 Å². The highest BCUT2D eigenvalue weighted by Gasteiger charge is 2.31. The van der Waals surface area contributed by atoms with Crippen LogP contribution in [0.15, 0.2) is 23.0 Å². The van der Waals surface area contributed by atoms with Gasteiger partial charge in [0.25, 0.3) is 0 Å². The van der Waals surface area contributed by atoms with E-state index in [4.69, 9.17) is 5.11 Å². The first kappa shape index (κ1) is 16.4. The Morgan fingerprint density at radius 2 is 2.04 bits per heavy atom. The van der Waals surface area contributed by atoms with Crippen molar-refractivity contribution in [2.24, 2.45) is 7.05 Å². The summed E-state index contributed by atoms with van der Waals surface area (Å²) in [6, 6.07) is 5.01. The maximum absolute atomic E-state index is 12.7. The van der Waals surface area contributed by atoms with Crippen molar-refractivity contribution in [2.75, 3.05) is 6.61 Å². The molecular weight excluding hydrogens is 310 g/mol. The molecule has 1 atom stereocenters. The molecule has 2 N–H and O–H groups in total. The number of rotatable bonds is 5. The molecule has 7 nitrogen and oxygen atoms in total. The Labute approximate surface area is 138 Å². The number of aliphatic hydroxyl groups excluding tert-OH is 1. The van der Waals surface area contributed by atoms with Crippen molar-refractivity contribution < 1.29 is 14.7 Å². The second-order valence-corrected chi connectivity index (χ2v) is 6.14. The lowest BCUT2D eigenvalue weighted by Crippen LogP contribution is -2.44. The number of amides is 2. The monoisotopic (exact) mass is 331 g/mol. The van der Waals surface area contributed by atoms with Crippen molar-refractivity contribution >= 4 is 22.8 Å². The van der Waals surface area contributed by atoms with E-state index in [0.29, 0.717) is 18.4 Å². The Morgan fingerprint density at radius 1 is 1.25 bits per heavy atom. The van der Waals surface area contributed by atoms with Gasteiger partial charge in [0.1, 0.15) is 6.04 Å². The van der Waals surface area contributed by atoms with Crippen LogP contribution < -0.4 is 11.0 Å². The molecule has 0 saturated carbocycles. The number of hydrogen-bond acceptors (Lipinski definition) is 4. The van der Waals surface area contributed by atoms with E-state index in [0.717, 1.165) is 23.9 Å². The Balaban J connectivity index is 2.08. The predicted molar refractivity (Wildman–Crippen MR) is 88.6 cm³/mol. The highest BCUT2D eigenvalue weighted by atomic mass is 16.3. The van der Waals surface area contributed by atoms with Crippen LogP contribution in [0.4, 0.5) is 0 Å². The van der Waals surface area contributed by atoms with Gasteiger partial charge >= 0.3 is 5.69 Å². The highest BCUT2D eigenvalue weighted by molar-refractivity contribution is 6.00. The van der Waals surface area contributed by atoms with Crippen LogP contribution in [0.1, 0.15) is 37.3 Å². The molecule has 1 saturated heterocycles. The van der Waals surface area contributed by atoms with Crippen LogP contribution in [0.3, 0.4) is 0 Å². The van der Waals surface area contributed by atoms with Crippen molar-refractivity contribution in [1.82, 2.24) is 14.5 Å². The molecule has 1 fully saturated rings. The van der Waals surface area contributed by atoms with E-state index in [9.17, 15) is 14.4 Å². The molecule has 128 valence electrons. The zero-order valence-corrected chi connectivity index (χ0v) is 13.6. The summed E-state index contributed by atoms with van der Waals surface area (Å²) >= 11 is 0. The van der Waals surface area contributed by atoms with Gasteiger partial charge in [-0.3, -0.25) is 24.0 Å². The number of para-hydroxylation sites is 1. The number of aliphatic hydroxyl groups is 1. The van der Waals surface area contributed by atoms with E-state index in [2.05, 4.69) is 5.32 Å². The second kappa shape index (κ2) is 6.60. The second-order valence-electron chi connectivity index (χ2n) is 6.14. The topological polar surface area (TPSA) is 93.3 Å². The minimum absolute atomic E-state index is 0.145. The lowest BCUT2D eigenvalue weighted by molar-refractivity contribution is -0.135. The largest absolute Gasteiger partial charge is 0.396 e. The zero-order chi connectivity index (χ0) is 17.3. The van der Waals surface area contributed by atoms with Crippen molar-refractivity contribution in [3.8, 4) is 0 Å². The van der Waals surface area contributed by atoms with Crippen LogP contribution in [0.5, 0.6) is 0 Å². The number of unbranched alkanes of at least 4 members (excludes halogenated alkanes) is 1. The Kier molecular flexibility index (Phi) is 4.53. The Bertz CT molecular complexity index is 849. The molecule has 7 heteroatoms. The molecule has 0 spiro atoms. The minimum atomic E-state index is -0.661. The fourth-order valence-corrected chi connectivity index (χ4v) is 3.38. The van der Waals surface area contributed by atoms with Gasteiger partial charge in [0, 0.05) is 20.1 Å². The summed E-state index contributed by atoms with van der Waals surface area (Å²) in [6.07, 6.45) is 2.85. The summed E-state index contributed by atoms with van der Waals surface area (Å²) < 4.78 is 3.06. The van der Waals surface area contributed by atoms with Gasteiger partial charge in [-0.25, -0.2) is 4.79 Å². The molecule has 1 aromatic carbocycles. The average molecular weight is 331 g/mol. The smallest absolute Gasteiger partial charge is 0.329 e. The van der Waals surface area contributed by atoms with Crippen LogP contribution in [0.2, 0.25) is 0 Å². The summed E-state index contributed by atoms with van der Waals surface area (Å²) in [7, 11) is 1.70. The number of carbonyl (C=O) groups is 2. The number of nitrogens with one attached hydrogen (secondary N) is 1. The molecule has 2 heterocycles. The SMILES string of the molecule is Cn1c(=O)n(C2CCC(=O)NC2=O)c2cccc(CCCCO)c21. The maximum Gasteiger partial charge on any atom is 0.329 e. The van der Waals surface area contributed by atoms with Crippen LogP contribution >= 0.6 is 0 Å². The molecule has 24 heavy (non-hydrogen) atoms. The van der Waals surface area contributed by atoms with Crippen molar-refractivity contribution in [2.45, 2.75) is 38.1 Å². The van der Waals surface area contributed by atoms with Crippen LogP contribution in [-0.4, -0.2) is 32.7 Å². The van der Waals surface area contributed by atoms with Crippen LogP contribution in [-0.2, 0) is 23.1 Å². The van der Waals surface area contributed by atoms with E-state index < -0.39 is 11.9 Å². The molecule has 1 aromatic heterocycles. The number of aryl methyl sites for hydroxylation is 2. The van der Waals surface area contributed by atoms with E-state index in [1.54, 1.807) is 11.6 Å². The number of aromatic nitrogens is 2. The molecule has 0 aliphatic carbocycles. The molecule has 2 amide bonds. The highest BCUT2D eigenvalue weighted by Crippen LogP contribution is 2.25. The number of carbonyl (C=O) groups excluding carboxylic acids is 2. The van der Waals surface area contributed by atoms with Gasteiger partial charge in [0.15, 0.2) is 0 Å². The predicted octanol–water partition coefficient (Wildman–Crippen LogP) is 0.633. The van der Waals surface area contributed by atoms with Gasteiger partial charge in [-0.1, -0.05) is 12.1 Å². The molecule has 1 aliphatic rings. The van der Waals surface area contributed by atoms with E-state index in [-0.39, 0.29) is 24.6 Å². The fourth-order valence-electron chi connectivity index (χ4n) is 3.38. The Hall–Kier alpha value is -2.41. The quantitative estimate of drug-likeness (QED) is 0.621. The van der Waals surface area contributed by atoms with E-state index >= 15 is 0 Å². The summed E-state index contributed by atoms with van der Waals surface area (Å²) in [5.41, 5.74) is 2.28. The first-order valence-corrected chi connectivity index (χ1v) is 8.18. The van der Waals surface area contributed by atoms with Gasteiger partial charge < -0.3 is 5.11 Å².